The first-order valence-electron chi connectivity index (χ1n) is 6.55. The lowest BCUT2D eigenvalue weighted by Crippen LogP contribution is -2.31. The summed E-state index contributed by atoms with van der Waals surface area (Å²) in [4.78, 5) is 25.2. The van der Waals surface area contributed by atoms with Gasteiger partial charge in [0, 0.05) is 19.0 Å². The van der Waals surface area contributed by atoms with E-state index in [9.17, 15) is 9.59 Å². The third kappa shape index (κ3) is 3.52. The van der Waals surface area contributed by atoms with E-state index in [0.717, 1.165) is 25.9 Å². The molecule has 0 saturated carbocycles. The second-order valence-electron chi connectivity index (χ2n) is 5.03. The Balaban J connectivity index is 1.90. The number of nitrogens with one attached hydrogen (secondary N) is 1. The van der Waals surface area contributed by atoms with E-state index in [0.29, 0.717) is 5.82 Å². The van der Waals surface area contributed by atoms with E-state index in [1.54, 1.807) is 20.0 Å². The van der Waals surface area contributed by atoms with Crippen molar-refractivity contribution in [3.63, 3.8) is 0 Å². The van der Waals surface area contributed by atoms with Crippen LogP contribution in [-0.2, 0) is 16.1 Å². The molecule has 0 aliphatic carbocycles. The Hall–Kier alpha value is -1.92. The summed E-state index contributed by atoms with van der Waals surface area (Å²) in [5.74, 6) is 0.200. The maximum absolute atomic E-state index is 11.9. The van der Waals surface area contributed by atoms with Crippen LogP contribution in [0.25, 0.3) is 0 Å². The fourth-order valence-electron chi connectivity index (χ4n) is 1.91. The minimum Gasteiger partial charge on any atom is -0.341 e. The second kappa shape index (κ2) is 5.81. The predicted molar refractivity (Wildman–Crippen MR) is 69.3 cm³/mol. The zero-order valence-electron chi connectivity index (χ0n) is 11.3. The van der Waals surface area contributed by atoms with Crippen molar-refractivity contribution in [2.24, 2.45) is 5.92 Å². The molecule has 1 fully saturated rings. The highest BCUT2D eigenvalue weighted by molar-refractivity contribution is 5.90. The second-order valence-corrected chi connectivity index (χ2v) is 5.03. The number of rotatable bonds is 4. The van der Waals surface area contributed by atoms with Crippen LogP contribution in [0.5, 0.6) is 0 Å². The molecule has 1 aliphatic heterocycles. The zero-order valence-corrected chi connectivity index (χ0v) is 11.3. The highest BCUT2D eigenvalue weighted by atomic mass is 16.2. The number of hydrogen-bond donors (Lipinski definition) is 1. The molecule has 7 nitrogen and oxygen atoms in total. The number of amides is 2. The van der Waals surface area contributed by atoms with E-state index in [1.807, 2.05) is 4.90 Å². The molecule has 1 N–H and O–H groups in total. The standard InChI is InChI=1S/C12H19N5O2/c1-9(2)12(19)13-10-7-17(15-14-10)8-11(18)16-5-3-4-6-16/h7,9H,3-6,8H2,1-2H3,(H,13,19). The van der Waals surface area contributed by atoms with Gasteiger partial charge in [-0.05, 0) is 12.8 Å². The lowest BCUT2D eigenvalue weighted by Gasteiger charge is -2.14. The van der Waals surface area contributed by atoms with Crippen LogP contribution in [0.2, 0.25) is 0 Å². The summed E-state index contributed by atoms with van der Waals surface area (Å²) in [6.45, 7) is 5.42. The molecule has 0 spiro atoms. The van der Waals surface area contributed by atoms with Crippen molar-refractivity contribution in [1.29, 1.82) is 0 Å². The third-order valence-electron chi connectivity index (χ3n) is 3.07. The van der Waals surface area contributed by atoms with E-state index in [1.165, 1.54) is 4.68 Å². The van der Waals surface area contributed by atoms with Gasteiger partial charge >= 0.3 is 0 Å². The Bertz CT molecular complexity index is 462. The molecule has 1 aliphatic rings. The molecule has 0 atom stereocenters. The van der Waals surface area contributed by atoms with Crippen molar-refractivity contribution in [2.45, 2.75) is 33.2 Å². The number of nitrogens with zero attached hydrogens (tertiary/aromatic N) is 4. The number of hydrogen-bond acceptors (Lipinski definition) is 4. The van der Waals surface area contributed by atoms with E-state index >= 15 is 0 Å². The smallest absolute Gasteiger partial charge is 0.244 e. The van der Waals surface area contributed by atoms with Gasteiger partial charge in [-0.3, -0.25) is 9.59 Å². The lowest BCUT2D eigenvalue weighted by atomic mass is 10.2. The van der Waals surface area contributed by atoms with Crippen LogP contribution in [0.15, 0.2) is 6.20 Å². The maximum Gasteiger partial charge on any atom is 0.244 e. The van der Waals surface area contributed by atoms with Crippen LogP contribution >= 0.6 is 0 Å². The quantitative estimate of drug-likeness (QED) is 0.859. The Morgan fingerprint density at radius 3 is 2.68 bits per heavy atom. The molecule has 2 heterocycles. The number of aromatic nitrogens is 3. The molecule has 19 heavy (non-hydrogen) atoms. The fourth-order valence-corrected chi connectivity index (χ4v) is 1.91. The van der Waals surface area contributed by atoms with E-state index in [4.69, 9.17) is 0 Å². The van der Waals surface area contributed by atoms with Crippen molar-refractivity contribution in [1.82, 2.24) is 19.9 Å². The van der Waals surface area contributed by atoms with Crippen LogP contribution < -0.4 is 5.32 Å². The van der Waals surface area contributed by atoms with Crippen molar-refractivity contribution < 1.29 is 9.59 Å². The van der Waals surface area contributed by atoms with Gasteiger partial charge in [-0.2, -0.15) is 0 Å². The average Bonchev–Trinajstić information content (AvgIpc) is 3.00. The van der Waals surface area contributed by atoms with Gasteiger partial charge in [0.1, 0.15) is 6.54 Å². The molecule has 0 radical (unpaired) electrons. The summed E-state index contributed by atoms with van der Waals surface area (Å²) in [5.41, 5.74) is 0. The molecule has 7 heteroatoms. The molecule has 0 bridgehead atoms. The topological polar surface area (TPSA) is 80.1 Å². The molecular weight excluding hydrogens is 246 g/mol. The van der Waals surface area contributed by atoms with Gasteiger partial charge in [-0.1, -0.05) is 19.1 Å². The lowest BCUT2D eigenvalue weighted by molar-refractivity contribution is -0.131. The summed E-state index contributed by atoms with van der Waals surface area (Å²) < 4.78 is 1.45. The summed E-state index contributed by atoms with van der Waals surface area (Å²) in [6.07, 6.45) is 3.71. The monoisotopic (exact) mass is 265 g/mol. The molecule has 0 unspecified atom stereocenters. The van der Waals surface area contributed by atoms with Crippen molar-refractivity contribution in [2.75, 3.05) is 18.4 Å². The average molecular weight is 265 g/mol. The van der Waals surface area contributed by atoms with E-state index < -0.39 is 0 Å². The SMILES string of the molecule is CC(C)C(=O)Nc1cn(CC(=O)N2CCCC2)nn1. The summed E-state index contributed by atoms with van der Waals surface area (Å²) in [6, 6.07) is 0. The minimum absolute atomic E-state index is 0.0455. The number of anilines is 1. The molecule has 1 aromatic rings. The van der Waals surface area contributed by atoms with Gasteiger partial charge in [0.2, 0.25) is 11.8 Å². The van der Waals surface area contributed by atoms with Crippen LogP contribution in [0.4, 0.5) is 5.82 Å². The van der Waals surface area contributed by atoms with Gasteiger partial charge in [0.05, 0.1) is 6.20 Å². The first-order valence-corrected chi connectivity index (χ1v) is 6.55. The molecule has 0 aromatic carbocycles. The predicted octanol–water partition coefficient (Wildman–Crippen LogP) is 0.495. The van der Waals surface area contributed by atoms with Gasteiger partial charge in [-0.15, -0.1) is 5.10 Å². The number of carbonyl (C=O) groups excluding carboxylic acids is 2. The van der Waals surface area contributed by atoms with Crippen LogP contribution in [0.1, 0.15) is 26.7 Å². The Labute approximate surface area is 112 Å². The van der Waals surface area contributed by atoms with Gasteiger partial charge in [-0.25, -0.2) is 4.68 Å². The molecule has 1 saturated heterocycles. The Morgan fingerprint density at radius 2 is 2.05 bits per heavy atom. The molecule has 2 rings (SSSR count). The highest BCUT2D eigenvalue weighted by Crippen LogP contribution is 2.09. The minimum atomic E-state index is -0.114. The van der Waals surface area contributed by atoms with Crippen molar-refractivity contribution >= 4 is 17.6 Å². The summed E-state index contributed by atoms with van der Waals surface area (Å²) in [7, 11) is 0. The van der Waals surface area contributed by atoms with E-state index in [2.05, 4.69) is 15.6 Å². The van der Waals surface area contributed by atoms with Gasteiger partial charge in [0.25, 0.3) is 0 Å². The highest BCUT2D eigenvalue weighted by Gasteiger charge is 2.18. The summed E-state index contributed by atoms with van der Waals surface area (Å²) >= 11 is 0. The Kier molecular flexibility index (Phi) is 4.13. The number of carbonyl (C=O) groups is 2. The first-order chi connectivity index (χ1) is 9.06. The van der Waals surface area contributed by atoms with Gasteiger partial charge < -0.3 is 10.2 Å². The third-order valence-corrected chi connectivity index (χ3v) is 3.07. The van der Waals surface area contributed by atoms with Crippen LogP contribution in [0.3, 0.4) is 0 Å². The molecular formula is C12H19N5O2. The molecule has 104 valence electrons. The fraction of sp³-hybridized carbons (Fsp3) is 0.667. The molecule has 2 amide bonds. The van der Waals surface area contributed by atoms with Gasteiger partial charge in [0.15, 0.2) is 5.82 Å². The largest absolute Gasteiger partial charge is 0.341 e. The normalized spacial score (nSPS) is 15.0. The van der Waals surface area contributed by atoms with Crippen LogP contribution in [0, 0.1) is 5.92 Å². The number of likely N-dealkylation sites (tertiary alicyclic amines) is 1. The summed E-state index contributed by atoms with van der Waals surface area (Å²) in [5, 5.41) is 10.3. The maximum atomic E-state index is 11.9. The molecule has 1 aromatic heterocycles. The first kappa shape index (κ1) is 13.5. The van der Waals surface area contributed by atoms with Crippen molar-refractivity contribution in [3.05, 3.63) is 6.20 Å². The zero-order chi connectivity index (χ0) is 13.8. The van der Waals surface area contributed by atoms with Crippen molar-refractivity contribution in [3.8, 4) is 0 Å². The van der Waals surface area contributed by atoms with E-state index in [-0.39, 0.29) is 24.3 Å². The van der Waals surface area contributed by atoms with Crippen LogP contribution in [-0.4, -0.2) is 44.8 Å². The Morgan fingerprint density at radius 1 is 1.37 bits per heavy atom.